The first-order valence-corrected chi connectivity index (χ1v) is 8.23. The Kier molecular flexibility index (Phi) is 6.10. The SMILES string of the molecule is CCCOc1c(Cl)cc(C(=O)Nc2cccc(C)c2C)cc1OC. The zero-order chi connectivity index (χ0) is 17.7. The van der Waals surface area contributed by atoms with Gasteiger partial charge in [0.1, 0.15) is 0 Å². The molecule has 0 aliphatic carbocycles. The average molecular weight is 348 g/mol. The van der Waals surface area contributed by atoms with Crippen LogP contribution in [0.25, 0.3) is 0 Å². The highest BCUT2D eigenvalue weighted by Gasteiger charge is 2.16. The molecule has 24 heavy (non-hydrogen) atoms. The van der Waals surface area contributed by atoms with E-state index in [4.69, 9.17) is 21.1 Å². The summed E-state index contributed by atoms with van der Waals surface area (Å²) in [7, 11) is 1.52. The number of benzene rings is 2. The molecule has 0 atom stereocenters. The van der Waals surface area contributed by atoms with Gasteiger partial charge in [-0.15, -0.1) is 0 Å². The Labute approximate surface area is 147 Å². The number of ether oxygens (including phenoxy) is 2. The summed E-state index contributed by atoms with van der Waals surface area (Å²) >= 11 is 6.27. The van der Waals surface area contributed by atoms with Crippen LogP contribution in [0.4, 0.5) is 5.69 Å². The topological polar surface area (TPSA) is 47.6 Å². The van der Waals surface area contributed by atoms with Gasteiger partial charge in [-0.25, -0.2) is 0 Å². The summed E-state index contributed by atoms with van der Waals surface area (Å²) in [5.41, 5.74) is 3.35. The Bertz CT molecular complexity index is 744. The molecule has 0 bridgehead atoms. The van der Waals surface area contributed by atoms with Gasteiger partial charge in [-0.1, -0.05) is 30.7 Å². The minimum absolute atomic E-state index is 0.244. The van der Waals surface area contributed by atoms with Crippen molar-refractivity contribution >= 4 is 23.2 Å². The average Bonchev–Trinajstić information content (AvgIpc) is 2.57. The van der Waals surface area contributed by atoms with E-state index in [9.17, 15) is 4.79 Å². The number of rotatable bonds is 6. The lowest BCUT2D eigenvalue weighted by atomic mass is 10.1. The van der Waals surface area contributed by atoms with Gasteiger partial charge < -0.3 is 14.8 Å². The summed E-state index contributed by atoms with van der Waals surface area (Å²) in [6, 6.07) is 9.02. The lowest BCUT2D eigenvalue weighted by Crippen LogP contribution is -2.13. The molecule has 0 fully saturated rings. The molecule has 128 valence electrons. The normalized spacial score (nSPS) is 10.4. The van der Waals surface area contributed by atoms with Crippen LogP contribution in [0.5, 0.6) is 11.5 Å². The summed E-state index contributed by atoms with van der Waals surface area (Å²) in [5, 5.41) is 3.27. The number of nitrogens with one attached hydrogen (secondary N) is 1. The fourth-order valence-corrected chi connectivity index (χ4v) is 2.54. The van der Waals surface area contributed by atoms with Crippen molar-refractivity contribution in [2.24, 2.45) is 0 Å². The van der Waals surface area contributed by atoms with Crippen LogP contribution in [0.1, 0.15) is 34.8 Å². The molecule has 2 rings (SSSR count). The second-order valence-corrected chi connectivity index (χ2v) is 5.95. The van der Waals surface area contributed by atoms with Gasteiger partial charge in [0.05, 0.1) is 18.7 Å². The standard InChI is InChI=1S/C19H22ClNO3/c1-5-9-24-18-15(20)10-14(11-17(18)23-4)19(22)21-16-8-6-7-12(2)13(16)3/h6-8,10-11H,5,9H2,1-4H3,(H,21,22). The lowest BCUT2D eigenvalue weighted by molar-refractivity contribution is 0.102. The third-order valence-electron chi connectivity index (χ3n) is 3.79. The van der Waals surface area contributed by atoms with Crippen molar-refractivity contribution in [2.75, 3.05) is 19.0 Å². The zero-order valence-electron chi connectivity index (χ0n) is 14.4. The van der Waals surface area contributed by atoms with E-state index in [1.807, 2.05) is 39.0 Å². The van der Waals surface area contributed by atoms with Crippen LogP contribution in [-0.2, 0) is 0 Å². The molecule has 0 aliphatic heterocycles. The van der Waals surface area contributed by atoms with Crippen molar-refractivity contribution in [1.82, 2.24) is 0 Å². The largest absolute Gasteiger partial charge is 0.493 e. The first kappa shape index (κ1) is 18.1. The van der Waals surface area contributed by atoms with Gasteiger partial charge in [-0.05, 0) is 49.6 Å². The quantitative estimate of drug-likeness (QED) is 0.799. The van der Waals surface area contributed by atoms with Gasteiger partial charge in [-0.3, -0.25) is 4.79 Å². The molecule has 0 aliphatic rings. The Balaban J connectivity index is 2.29. The fraction of sp³-hybridized carbons (Fsp3) is 0.316. The summed E-state index contributed by atoms with van der Waals surface area (Å²) in [5.74, 6) is 0.664. The molecule has 0 spiro atoms. The molecule has 1 amide bonds. The Morgan fingerprint density at radius 3 is 2.67 bits per heavy atom. The molecule has 0 radical (unpaired) electrons. The smallest absolute Gasteiger partial charge is 0.255 e. The van der Waals surface area contributed by atoms with Gasteiger partial charge in [0.2, 0.25) is 0 Å². The summed E-state index contributed by atoms with van der Waals surface area (Å²) in [6.45, 7) is 6.52. The van der Waals surface area contributed by atoms with E-state index in [1.165, 1.54) is 7.11 Å². The van der Waals surface area contributed by atoms with Crippen LogP contribution >= 0.6 is 11.6 Å². The molecule has 0 saturated heterocycles. The first-order chi connectivity index (χ1) is 11.5. The van der Waals surface area contributed by atoms with Crippen LogP contribution in [0.3, 0.4) is 0 Å². The van der Waals surface area contributed by atoms with Crippen molar-refractivity contribution in [2.45, 2.75) is 27.2 Å². The van der Waals surface area contributed by atoms with E-state index < -0.39 is 0 Å². The number of methoxy groups -OCH3 is 1. The maximum atomic E-state index is 12.6. The number of hydrogen-bond acceptors (Lipinski definition) is 3. The monoisotopic (exact) mass is 347 g/mol. The maximum Gasteiger partial charge on any atom is 0.255 e. The third kappa shape index (κ3) is 4.01. The molecule has 4 nitrogen and oxygen atoms in total. The molecule has 0 aromatic heterocycles. The molecular weight excluding hydrogens is 326 g/mol. The van der Waals surface area contributed by atoms with Crippen LogP contribution in [-0.4, -0.2) is 19.6 Å². The van der Waals surface area contributed by atoms with Crippen molar-refractivity contribution in [3.05, 3.63) is 52.0 Å². The number of carbonyl (C=O) groups excluding carboxylic acids is 1. The number of halogens is 1. The summed E-state index contributed by atoms with van der Waals surface area (Å²) in [6.07, 6.45) is 0.856. The van der Waals surface area contributed by atoms with Crippen LogP contribution in [0, 0.1) is 13.8 Å². The molecule has 1 N–H and O–H groups in total. The maximum absolute atomic E-state index is 12.6. The minimum atomic E-state index is -0.244. The Hall–Kier alpha value is -2.20. The highest BCUT2D eigenvalue weighted by atomic mass is 35.5. The summed E-state index contributed by atoms with van der Waals surface area (Å²) < 4.78 is 10.9. The number of anilines is 1. The van der Waals surface area contributed by atoms with Gasteiger partial charge in [0.25, 0.3) is 5.91 Å². The van der Waals surface area contributed by atoms with Gasteiger partial charge >= 0.3 is 0 Å². The number of hydrogen-bond donors (Lipinski definition) is 1. The van der Waals surface area contributed by atoms with Crippen LogP contribution < -0.4 is 14.8 Å². The van der Waals surface area contributed by atoms with E-state index in [1.54, 1.807) is 12.1 Å². The number of carbonyl (C=O) groups is 1. The predicted octanol–water partition coefficient (Wildman–Crippen LogP) is 5.01. The first-order valence-electron chi connectivity index (χ1n) is 7.85. The second-order valence-electron chi connectivity index (χ2n) is 5.54. The van der Waals surface area contributed by atoms with Gasteiger partial charge in [0, 0.05) is 11.3 Å². The van der Waals surface area contributed by atoms with Crippen LogP contribution in [0.2, 0.25) is 5.02 Å². The van der Waals surface area contributed by atoms with E-state index in [2.05, 4.69) is 5.32 Å². The second kappa shape index (κ2) is 8.06. The third-order valence-corrected chi connectivity index (χ3v) is 4.08. The Morgan fingerprint density at radius 1 is 1.25 bits per heavy atom. The predicted molar refractivity (Wildman–Crippen MR) is 97.7 cm³/mol. The van der Waals surface area contributed by atoms with Crippen molar-refractivity contribution in [3.8, 4) is 11.5 Å². The summed E-state index contributed by atoms with van der Waals surface area (Å²) in [4.78, 5) is 12.6. The molecule has 0 heterocycles. The fourth-order valence-electron chi connectivity index (χ4n) is 2.28. The molecule has 2 aromatic carbocycles. The van der Waals surface area contributed by atoms with E-state index in [0.717, 1.165) is 23.2 Å². The molecular formula is C19H22ClNO3. The van der Waals surface area contributed by atoms with E-state index in [0.29, 0.717) is 28.7 Å². The Morgan fingerprint density at radius 2 is 2.00 bits per heavy atom. The molecule has 2 aromatic rings. The van der Waals surface area contributed by atoms with Crippen molar-refractivity contribution in [3.63, 3.8) is 0 Å². The highest BCUT2D eigenvalue weighted by molar-refractivity contribution is 6.32. The highest BCUT2D eigenvalue weighted by Crippen LogP contribution is 2.36. The van der Waals surface area contributed by atoms with Crippen LogP contribution in [0.15, 0.2) is 30.3 Å². The zero-order valence-corrected chi connectivity index (χ0v) is 15.2. The van der Waals surface area contributed by atoms with Crippen molar-refractivity contribution < 1.29 is 14.3 Å². The number of aryl methyl sites for hydroxylation is 1. The molecule has 5 heteroatoms. The van der Waals surface area contributed by atoms with Gasteiger partial charge in [-0.2, -0.15) is 0 Å². The minimum Gasteiger partial charge on any atom is -0.493 e. The lowest BCUT2D eigenvalue weighted by Gasteiger charge is -2.14. The van der Waals surface area contributed by atoms with E-state index in [-0.39, 0.29) is 5.91 Å². The van der Waals surface area contributed by atoms with Gasteiger partial charge in [0.15, 0.2) is 11.5 Å². The van der Waals surface area contributed by atoms with E-state index >= 15 is 0 Å². The number of amides is 1. The van der Waals surface area contributed by atoms with Crippen molar-refractivity contribution in [1.29, 1.82) is 0 Å². The molecule has 0 unspecified atom stereocenters. The molecule has 0 saturated carbocycles.